The van der Waals surface area contributed by atoms with Crippen LogP contribution in [0.25, 0.3) is 5.69 Å². The molecule has 3 rings (SSSR count). The highest BCUT2D eigenvalue weighted by molar-refractivity contribution is 5.97. The van der Waals surface area contributed by atoms with Crippen molar-refractivity contribution in [1.82, 2.24) is 30.4 Å². The Hall–Kier alpha value is -2.77. The predicted octanol–water partition coefficient (Wildman–Crippen LogP) is 1.82. The monoisotopic (exact) mass is 370 g/mol. The van der Waals surface area contributed by atoms with Crippen molar-refractivity contribution < 1.29 is 9.59 Å². The van der Waals surface area contributed by atoms with Crippen LogP contribution in [0.15, 0.2) is 30.6 Å². The van der Waals surface area contributed by atoms with Gasteiger partial charge >= 0.3 is 0 Å². The number of piperidine rings is 1. The number of para-hydroxylation sites is 1. The van der Waals surface area contributed by atoms with E-state index in [1.807, 2.05) is 23.1 Å². The molecule has 2 amide bonds. The van der Waals surface area contributed by atoms with E-state index in [1.165, 1.54) is 11.0 Å². The minimum absolute atomic E-state index is 0.00886. The van der Waals surface area contributed by atoms with Crippen molar-refractivity contribution in [2.75, 3.05) is 19.6 Å². The zero-order valence-corrected chi connectivity index (χ0v) is 15.7. The van der Waals surface area contributed by atoms with Gasteiger partial charge in [-0.25, -0.2) is 0 Å². The van der Waals surface area contributed by atoms with Crippen LogP contribution in [0.4, 0.5) is 0 Å². The number of nitrogens with zero attached hydrogens (tertiary/aromatic N) is 5. The maximum atomic E-state index is 13.0. The second kappa shape index (κ2) is 9.25. The number of hydrogen-bond donors (Lipinski definition) is 1. The Kier molecular flexibility index (Phi) is 6.51. The van der Waals surface area contributed by atoms with Crippen LogP contribution in [0.2, 0.25) is 0 Å². The fourth-order valence-electron chi connectivity index (χ4n) is 3.37. The zero-order valence-electron chi connectivity index (χ0n) is 15.7. The average molecular weight is 370 g/mol. The number of unbranched alkanes of at least 4 members (excludes halogenated alkanes) is 2. The average Bonchev–Trinajstić information content (AvgIpc) is 3.25. The van der Waals surface area contributed by atoms with Crippen LogP contribution >= 0.6 is 0 Å². The second-order valence-corrected chi connectivity index (χ2v) is 6.84. The highest BCUT2D eigenvalue weighted by Crippen LogP contribution is 2.21. The van der Waals surface area contributed by atoms with E-state index < -0.39 is 0 Å². The number of likely N-dealkylation sites (tertiary alicyclic amines) is 1. The largest absolute Gasteiger partial charge is 0.356 e. The van der Waals surface area contributed by atoms with Crippen molar-refractivity contribution in [3.8, 4) is 5.69 Å². The molecule has 0 spiro atoms. The Labute approximate surface area is 158 Å². The van der Waals surface area contributed by atoms with E-state index in [1.54, 1.807) is 6.07 Å². The Morgan fingerprint density at radius 1 is 1.19 bits per heavy atom. The standard InChI is InChI=1S/C19H26N6O2/c1-2-3-6-11-20-18(26)15-9-12-24(13-10-15)19(27)16-7-4-5-8-17(16)25-14-21-22-23-25/h4-5,7-8,14-15H,2-3,6,9-13H2,1H3,(H,20,26). The molecule has 0 bridgehead atoms. The summed E-state index contributed by atoms with van der Waals surface area (Å²) >= 11 is 0. The quantitative estimate of drug-likeness (QED) is 0.751. The highest BCUT2D eigenvalue weighted by atomic mass is 16.2. The molecular weight excluding hydrogens is 344 g/mol. The smallest absolute Gasteiger partial charge is 0.256 e. The number of aromatic nitrogens is 4. The van der Waals surface area contributed by atoms with E-state index >= 15 is 0 Å². The first-order valence-corrected chi connectivity index (χ1v) is 9.60. The van der Waals surface area contributed by atoms with Crippen LogP contribution in [0.3, 0.4) is 0 Å². The molecule has 8 heteroatoms. The van der Waals surface area contributed by atoms with Crippen molar-refractivity contribution in [2.45, 2.75) is 39.0 Å². The topological polar surface area (TPSA) is 93.0 Å². The van der Waals surface area contributed by atoms with Gasteiger partial charge in [-0.3, -0.25) is 9.59 Å². The molecule has 0 atom stereocenters. The maximum absolute atomic E-state index is 13.0. The summed E-state index contributed by atoms with van der Waals surface area (Å²) in [6.45, 7) is 4.04. The first-order valence-electron chi connectivity index (χ1n) is 9.60. The van der Waals surface area contributed by atoms with Gasteiger partial charge in [-0.15, -0.1) is 5.10 Å². The van der Waals surface area contributed by atoms with Crippen LogP contribution in [0, 0.1) is 5.92 Å². The number of hydrogen-bond acceptors (Lipinski definition) is 5. The minimum atomic E-state index is -0.0529. The molecule has 2 heterocycles. The van der Waals surface area contributed by atoms with Gasteiger partial charge in [0, 0.05) is 25.6 Å². The lowest BCUT2D eigenvalue weighted by Crippen LogP contribution is -2.43. The number of rotatable bonds is 7. The summed E-state index contributed by atoms with van der Waals surface area (Å²) in [5.74, 6) is 0.0561. The fraction of sp³-hybridized carbons (Fsp3) is 0.526. The van der Waals surface area contributed by atoms with E-state index in [9.17, 15) is 9.59 Å². The molecule has 27 heavy (non-hydrogen) atoms. The number of tetrazole rings is 1. The summed E-state index contributed by atoms with van der Waals surface area (Å²) in [7, 11) is 0. The summed E-state index contributed by atoms with van der Waals surface area (Å²) in [5, 5.41) is 14.2. The van der Waals surface area contributed by atoms with Gasteiger partial charge in [-0.2, -0.15) is 4.68 Å². The fourth-order valence-corrected chi connectivity index (χ4v) is 3.37. The molecule has 1 aromatic heterocycles. The van der Waals surface area contributed by atoms with Crippen molar-refractivity contribution in [1.29, 1.82) is 0 Å². The van der Waals surface area contributed by atoms with Crippen LogP contribution in [-0.4, -0.2) is 56.6 Å². The van der Waals surface area contributed by atoms with Crippen molar-refractivity contribution in [2.24, 2.45) is 5.92 Å². The van der Waals surface area contributed by atoms with Crippen LogP contribution in [0.1, 0.15) is 49.4 Å². The van der Waals surface area contributed by atoms with Gasteiger partial charge in [0.05, 0.1) is 11.3 Å². The number of benzene rings is 1. The molecule has 0 saturated carbocycles. The van der Waals surface area contributed by atoms with Crippen LogP contribution in [0.5, 0.6) is 0 Å². The van der Waals surface area contributed by atoms with Gasteiger partial charge in [0.25, 0.3) is 5.91 Å². The van der Waals surface area contributed by atoms with Crippen molar-refractivity contribution in [3.05, 3.63) is 36.2 Å². The van der Waals surface area contributed by atoms with Crippen molar-refractivity contribution in [3.63, 3.8) is 0 Å². The summed E-state index contributed by atoms with van der Waals surface area (Å²) < 4.78 is 1.49. The Morgan fingerprint density at radius 2 is 1.96 bits per heavy atom. The number of carbonyl (C=O) groups is 2. The molecule has 1 aliphatic heterocycles. The summed E-state index contributed by atoms with van der Waals surface area (Å²) in [6, 6.07) is 7.28. The van der Waals surface area contributed by atoms with Gasteiger partial charge in [-0.05, 0) is 41.8 Å². The van der Waals surface area contributed by atoms with E-state index in [2.05, 4.69) is 27.8 Å². The molecule has 0 aliphatic carbocycles. The summed E-state index contributed by atoms with van der Waals surface area (Å²) in [6.07, 6.45) is 6.15. The van der Waals surface area contributed by atoms with Crippen LogP contribution < -0.4 is 5.32 Å². The van der Waals surface area contributed by atoms with Gasteiger partial charge in [0.1, 0.15) is 6.33 Å². The maximum Gasteiger partial charge on any atom is 0.256 e. The predicted molar refractivity (Wildman–Crippen MR) is 100 cm³/mol. The number of nitrogens with one attached hydrogen (secondary N) is 1. The Balaban J connectivity index is 1.57. The first-order chi connectivity index (χ1) is 13.2. The molecule has 0 unspecified atom stereocenters. The summed E-state index contributed by atoms with van der Waals surface area (Å²) in [5.41, 5.74) is 1.22. The first kappa shape index (κ1) is 19.0. The molecule has 144 valence electrons. The highest BCUT2D eigenvalue weighted by Gasteiger charge is 2.28. The lowest BCUT2D eigenvalue weighted by Gasteiger charge is -2.31. The minimum Gasteiger partial charge on any atom is -0.356 e. The lowest BCUT2D eigenvalue weighted by molar-refractivity contribution is -0.126. The molecule has 1 aromatic carbocycles. The van der Waals surface area contributed by atoms with E-state index in [0.717, 1.165) is 25.8 Å². The molecule has 1 aliphatic rings. The molecule has 1 fully saturated rings. The molecule has 8 nitrogen and oxygen atoms in total. The molecule has 2 aromatic rings. The van der Waals surface area contributed by atoms with E-state index in [4.69, 9.17) is 0 Å². The molecule has 1 N–H and O–H groups in total. The van der Waals surface area contributed by atoms with E-state index in [-0.39, 0.29) is 17.7 Å². The second-order valence-electron chi connectivity index (χ2n) is 6.84. The number of amides is 2. The third-order valence-electron chi connectivity index (χ3n) is 4.96. The molecular formula is C19H26N6O2. The van der Waals surface area contributed by atoms with Gasteiger partial charge in [-0.1, -0.05) is 31.9 Å². The summed E-state index contributed by atoms with van der Waals surface area (Å²) in [4.78, 5) is 27.1. The Bertz CT molecular complexity index is 753. The Morgan fingerprint density at radius 3 is 2.67 bits per heavy atom. The normalized spacial score (nSPS) is 14.9. The molecule has 0 radical (unpaired) electrons. The van der Waals surface area contributed by atoms with Gasteiger partial charge < -0.3 is 10.2 Å². The molecule has 1 saturated heterocycles. The van der Waals surface area contributed by atoms with E-state index in [0.29, 0.717) is 37.2 Å². The third kappa shape index (κ3) is 4.69. The lowest BCUT2D eigenvalue weighted by atomic mass is 9.95. The number of carbonyl (C=O) groups excluding carboxylic acids is 2. The van der Waals surface area contributed by atoms with Gasteiger partial charge in [0.2, 0.25) is 5.91 Å². The van der Waals surface area contributed by atoms with Gasteiger partial charge in [0.15, 0.2) is 0 Å². The van der Waals surface area contributed by atoms with Crippen LogP contribution in [-0.2, 0) is 4.79 Å². The van der Waals surface area contributed by atoms with Crippen molar-refractivity contribution >= 4 is 11.8 Å². The third-order valence-corrected chi connectivity index (χ3v) is 4.96. The SMILES string of the molecule is CCCCCNC(=O)C1CCN(C(=O)c2ccccc2-n2cnnn2)CC1. The zero-order chi connectivity index (χ0) is 19.1.